The molecule has 4 rings (SSSR count). The van der Waals surface area contributed by atoms with Crippen LogP contribution in [0.5, 0.6) is 0 Å². The Morgan fingerprint density at radius 2 is 1.76 bits per heavy atom. The first kappa shape index (κ1) is 33.8. The van der Waals surface area contributed by atoms with Gasteiger partial charge in [-0.25, -0.2) is 4.79 Å². The standard InChI is InChI=1S/C37H42ClN3O4/c1-26-15-16-27(31-24-44-40-35(31)37(5,6)29-13-9-7-10-14-29)21-33(26)41(30-18-17-28(23-39)32(38)22-30)19-11-8-12-20-43-25-34(42)45-36(2,3)4/h7,9-10,13-18,21-22,24H,8,11-12,19-20,25H2,1-6H3. The van der Waals surface area contributed by atoms with Crippen molar-refractivity contribution >= 4 is 28.9 Å². The van der Waals surface area contributed by atoms with Crippen LogP contribution >= 0.6 is 11.6 Å². The summed E-state index contributed by atoms with van der Waals surface area (Å²) in [5, 5.41) is 14.3. The monoisotopic (exact) mass is 627 g/mol. The molecule has 1 aromatic heterocycles. The molecule has 0 N–H and O–H groups in total. The van der Waals surface area contributed by atoms with E-state index in [9.17, 15) is 10.1 Å². The molecule has 0 aliphatic rings. The molecule has 1 heterocycles. The maximum absolute atomic E-state index is 11.9. The van der Waals surface area contributed by atoms with E-state index in [0.29, 0.717) is 23.7 Å². The first-order chi connectivity index (χ1) is 21.4. The van der Waals surface area contributed by atoms with E-state index in [2.05, 4.69) is 67.2 Å². The highest BCUT2D eigenvalue weighted by molar-refractivity contribution is 6.32. The molecule has 0 fully saturated rings. The predicted octanol–water partition coefficient (Wildman–Crippen LogP) is 9.17. The summed E-state index contributed by atoms with van der Waals surface area (Å²) in [7, 11) is 0. The van der Waals surface area contributed by atoms with Gasteiger partial charge in [-0.1, -0.05) is 73.1 Å². The molecule has 236 valence electrons. The molecule has 0 saturated carbocycles. The molecular formula is C37H42ClN3O4. The third kappa shape index (κ3) is 8.75. The summed E-state index contributed by atoms with van der Waals surface area (Å²) in [6.07, 6.45) is 4.29. The lowest BCUT2D eigenvalue weighted by Gasteiger charge is -2.28. The molecule has 0 amide bonds. The zero-order chi connectivity index (χ0) is 32.6. The zero-order valence-electron chi connectivity index (χ0n) is 27.0. The molecule has 0 aliphatic heterocycles. The number of anilines is 2. The Hall–Kier alpha value is -4.12. The largest absolute Gasteiger partial charge is 0.458 e. The van der Waals surface area contributed by atoms with Crippen molar-refractivity contribution in [3.8, 4) is 17.2 Å². The molecule has 0 aliphatic carbocycles. The smallest absolute Gasteiger partial charge is 0.332 e. The fourth-order valence-corrected chi connectivity index (χ4v) is 5.50. The van der Waals surface area contributed by atoms with E-state index in [0.717, 1.165) is 58.6 Å². The lowest BCUT2D eigenvalue weighted by Crippen LogP contribution is -2.26. The lowest BCUT2D eigenvalue weighted by atomic mass is 9.79. The average Bonchev–Trinajstić information content (AvgIpc) is 3.50. The number of ether oxygens (including phenoxy) is 2. The molecule has 0 bridgehead atoms. The van der Waals surface area contributed by atoms with E-state index >= 15 is 0 Å². The van der Waals surface area contributed by atoms with E-state index in [1.54, 1.807) is 12.3 Å². The molecule has 7 nitrogen and oxygen atoms in total. The Labute approximate surface area is 271 Å². The zero-order valence-corrected chi connectivity index (χ0v) is 27.8. The summed E-state index contributed by atoms with van der Waals surface area (Å²) in [4.78, 5) is 14.2. The van der Waals surface area contributed by atoms with Crippen LogP contribution in [0, 0.1) is 18.3 Å². The highest BCUT2D eigenvalue weighted by Gasteiger charge is 2.30. The van der Waals surface area contributed by atoms with Gasteiger partial charge in [-0.15, -0.1) is 0 Å². The van der Waals surface area contributed by atoms with Crippen LogP contribution in [-0.4, -0.2) is 36.5 Å². The van der Waals surface area contributed by atoms with Crippen molar-refractivity contribution in [3.05, 3.63) is 100 Å². The second-order valence-electron chi connectivity index (χ2n) is 12.7. The number of aromatic nitrogens is 1. The molecule has 0 saturated heterocycles. The summed E-state index contributed by atoms with van der Waals surface area (Å²) in [5.41, 5.74) is 6.50. The molecule has 0 atom stereocenters. The molecule has 0 spiro atoms. The maximum Gasteiger partial charge on any atom is 0.332 e. The number of nitrogens with zero attached hydrogens (tertiary/aromatic N) is 3. The summed E-state index contributed by atoms with van der Waals surface area (Å²) >= 11 is 6.50. The van der Waals surface area contributed by atoms with Gasteiger partial charge in [-0.3, -0.25) is 0 Å². The Bertz CT molecular complexity index is 1630. The van der Waals surface area contributed by atoms with Crippen LogP contribution in [0.3, 0.4) is 0 Å². The number of rotatable bonds is 13. The molecule has 4 aromatic rings. The van der Waals surface area contributed by atoms with Crippen molar-refractivity contribution in [1.29, 1.82) is 5.26 Å². The van der Waals surface area contributed by atoms with Gasteiger partial charge in [0.1, 0.15) is 30.2 Å². The number of nitriles is 1. The fraction of sp³-hybridized carbons (Fsp3) is 0.378. The first-order valence-corrected chi connectivity index (χ1v) is 15.7. The van der Waals surface area contributed by atoms with Crippen molar-refractivity contribution in [3.63, 3.8) is 0 Å². The third-order valence-corrected chi connectivity index (χ3v) is 7.98. The van der Waals surface area contributed by atoms with Crippen LogP contribution in [-0.2, 0) is 19.7 Å². The minimum Gasteiger partial charge on any atom is -0.458 e. The SMILES string of the molecule is Cc1ccc(-c2conc2C(C)(C)c2ccccc2)cc1N(CCCCCOCC(=O)OC(C)(C)C)c1ccc(C#N)c(Cl)c1. The predicted molar refractivity (Wildman–Crippen MR) is 179 cm³/mol. The normalized spacial score (nSPS) is 11.7. The Balaban J connectivity index is 1.56. The summed E-state index contributed by atoms with van der Waals surface area (Å²) in [6.45, 7) is 13.1. The molecule has 0 radical (unpaired) electrons. The van der Waals surface area contributed by atoms with Crippen molar-refractivity contribution < 1.29 is 18.8 Å². The van der Waals surface area contributed by atoms with Gasteiger partial charge in [0, 0.05) is 35.5 Å². The van der Waals surface area contributed by atoms with E-state index in [4.69, 9.17) is 25.6 Å². The van der Waals surface area contributed by atoms with Gasteiger partial charge in [-0.2, -0.15) is 5.26 Å². The second kappa shape index (κ2) is 14.8. The van der Waals surface area contributed by atoms with Gasteiger partial charge < -0.3 is 18.9 Å². The highest BCUT2D eigenvalue weighted by atomic mass is 35.5. The highest BCUT2D eigenvalue weighted by Crippen LogP contribution is 2.40. The van der Waals surface area contributed by atoms with Gasteiger partial charge in [-0.05, 0) is 87.9 Å². The number of benzene rings is 3. The van der Waals surface area contributed by atoms with Crippen LogP contribution in [0.2, 0.25) is 5.02 Å². The molecular weight excluding hydrogens is 586 g/mol. The maximum atomic E-state index is 11.9. The molecule has 45 heavy (non-hydrogen) atoms. The Kier molecular flexibility index (Phi) is 11.1. The first-order valence-electron chi connectivity index (χ1n) is 15.3. The molecule has 8 heteroatoms. The minimum atomic E-state index is -0.526. The molecule has 3 aromatic carbocycles. The van der Waals surface area contributed by atoms with Gasteiger partial charge in [0.05, 0.1) is 10.6 Å². The third-order valence-electron chi connectivity index (χ3n) is 7.66. The minimum absolute atomic E-state index is 0.0505. The number of hydrogen-bond acceptors (Lipinski definition) is 7. The summed E-state index contributed by atoms with van der Waals surface area (Å²) in [6, 6.07) is 24.4. The van der Waals surface area contributed by atoms with Crippen molar-refractivity contribution in [1.82, 2.24) is 5.16 Å². The number of unbranched alkanes of at least 4 members (excludes halogenated alkanes) is 2. The Morgan fingerprint density at radius 1 is 1.00 bits per heavy atom. The van der Waals surface area contributed by atoms with Crippen LogP contribution in [0.1, 0.15) is 76.3 Å². The summed E-state index contributed by atoms with van der Waals surface area (Å²) < 4.78 is 16.4. The van der Waals surface area contributed by atoms with Crippen molar-refractivity contribution in [2.24, 2.45) is 0 Å². The van der Waals surface area contributed by atoms with Crippen LogP contribution < -0.4 is 4.90 Å². The topological polar surface area (TPSA) is 88.6 Å². The van der Waals surface area contributed by atoms with Crippen LogP contribution in [0.25, 0.3) is 11.1 Å². The van der Waals surface area contributed by atoms with Crippen molar-refractivity contribution in [2.75, 3.05) is 24.7 Å². The van der Waals surface area contributed by atoms with E-state index in [-0.39, 0.29) is 18.0 Å². The van der Waals surface area contributed by atoms with E-state index < -0.39 is 5.60 Å². The number of esters is 1. The fourth-order valence-electron chi connectivity index (χ4n) is 5.28. The van der Waals surface area contributed by atoms with Gasteiger partial charge in [0.2, 0.25) is 0 Å². The lowest BCUT2D eigenvalue weighted by molar-refractivity contribution is -0.160. The van der Waals surface area contributed by atoms with E-state index in [1.165, 1.54) is 0 Å². The number of hydrogen-bond donors (Lipinski definition) is 0. The number of aryl methyl sites for hydroxylation is 1. The second-order valence-corrected chi connectivity index (χ2v) is 13.1. The Morgan fingerprint density at radius 3 is 2.44 bits per heavy atom. The quantitative estimate of drug-likeness (QED) is 0.108. The number of carbonyl (C=O) groups excluding carboxylic acids is 1. The van der Waals surface area contributed by atoms with Crippen molar-refractivity contribution in [2.45, 2.75) is 71.8 Å². The average molecular weight is 628 g/mol. The van der Waals surface area contributed by atoms with E-state index in [1.807, 2.05) is 51.1 Å². The number of halogens is 1. The van der Waals surface area contributed by atoms with Gasteiger partial charge >= 0.3 is 5.97 Å². The van der Waals surface area contributed by atoms with Gasteiger partial charge in [0.15, 0.2) is 0 Å². The van der Waals surface area contributed by atoms with Crippen LogP contribution in [0.15, 0.2) is 77.5 Å². The number of carbonyl (C=O) groups is 1. The van der Waals surface area contributed by atoms with Crippen LogP contribution in [0.4, 0.5) is 11.4 Å². The van der Waals surface area contributed by atoms with Gasteiger partial charge in [0.25, 0.3) is 0 Å². The molecule has 0 unspecified atom stereocenters. The summed E-state index contributed by atoms with van der Waals surface area (Å²) in [5.74, 6) is -0.357.